The van der Waals surface area contributed by atoms with E-state index >= 15 is 0 Å². The van der Waals surface area contributed by atoms with Gasteiger partial charge in [-0.25, -0.2) is 4.98 Å². The van der Waals surface area contributed by atoms with Gasteiger partial charge in [-0.05, 0) is 49.1 Å². The maximum absolute atomic E-state index is 12.1. The van der Waals surface area contributed by atoms with Gasteiger partial charge < -0.3 is 9.88 Å². The van der Waals surface area contributed by atoms with Gasteiger partial charge in [-0.2, -0.15) is 0 Å². The first-order valence-electron chi connectivity index (χ1n) is 10.0. The summed E-state index contributed by atoms with van der Waals surface area (Å²) in [7, 11) is 0. The van der Waals surface area contributed by atoms with Crippen molar-refractivity contribution in [2.24, 2.45) is 5.92 Å². The molecule has 148 valence electrons. The van der Waals surface area contributed by atoms with Crippen LogP contribution in [0.15, 0.2) is 48.5 Å². The molecule has 0 aliphatic carbocycles. The molecule has 1 amide bonds. The van der Waals surface area contributed by atoms with Gasteiger partial charge in [-0.3, -0.25) is 4.79 Å². The summed E-state index contributed by atoms with van der Waals surface area (Å²) in [5, 5.41) is 3.55. The number of imidazole rings is 1. The van der Waals surface area contributed by atoms with E-state index in [-0.39, 0.29) is 5.91 Å². The first kappa shape index (κ1) is 20.4. The van der Waals surface area contributed by atoms with Gasteiger partial charge in [-0.15, -0.1) is 0 Å². The van der Waals surface area contributed by atoms with Crippen LogP contribution < -0.4 is 5.32 Å². The summed E-state index contributed by atoms with van der Waals surface area (Å²) in [6.07, 6.45) is 4.04. The maximum Gasteiger partial charge on any atom is 0.251 e. The zero-order valence-electron chi connectivity index (χ0n) is 16.6. The molecule has 0 saturated heterocycles. The van der Waals surface area contributed by atoms with Crippen molar-refractivity contribution in [2.45, 2.75) is 46.1 Å². The van der Waals surface area contributed by atoms with Crippen LogP contribution in [0.25, 0.3) is 11.0 Å². The fraction of sp³-hybridized carbons (Fsp3) is 0.391. The van der Waals surface area contributed by atoms with E-state index in [1.807, 2.05) is 6.07 Å². The number of hydrogen-bond acceptors (Lipinski definition) is 2. The minimum atomic E-state index is -0.0683. The lowest BCUT2D eigenvalue weighted by molar-refractivity contribution is 0.0953. The predicted octanol–water partition coefficient (Wildman–Crippen LogP) is 5.49. The van der Waals surface area contributed by atoms with Crippen LogP contribution in [0.5, 0.6) is 0 Å². The van der Waals surface area contributed by atoms with Crippen molar-refractivity contribution in [3.63, 3.8) is 0 Å². The molecule has 0 saturated carbocycles. The SMILES string of the molecule is CC(C)Cn1c(CCCCCNC(=O)c2cccc(Cl)c2)nc2ccccc21. The molecule has 4 nitrogen and oxygen atoms in total. The van der Waals surface area contributed by atoms with Crippen molar-refractivity contribution < 1.29 is 4.79 Å². The molecule has 1 N–H and O–H groups in total. The van der Waals surface area contributed by atoms with Gasteiger partial charge in [0.2, 0.25) is 0 Å². The highest BCUT2D eigenvalue weighted by atomic mass is 35.5. The maximum atomic E-state index is 12.1. The van der Waals surface area contributed by atoms with E-state index in [9.17, 15) is 4.79 Å². The number of nitrogens with zero attached hydrogens (tertiary/aromatic N) is 2. The Labute approximate surface area is 171 Å². The fourth-order valence-corrected chi connectivity index (χ4v) is 3.59. The molecule has 2 aromatic carbocycles. The Kier molecular flexibility index (Phi) is 7.10. The monoisotopic (exact) mass is 397 g/mol. The minimum absolute atomic E-state index is 0.0683. The summed E-state index contributed by atoms with van der Waals surface area (Å²) in [5.41, 5.74) is 2.90. The van der Waals surface area contributed by atoms with Crippen LogP contribution in [-0.4, -0.2) is 22.0 Å². The summed E-state index contributed by atoms with van der Waals surface area (Å²) in [6.45, 7) is 6.14. The van der Waals surface area contributed by atoms with Gasteiger partial charge in [-0.1, -0.05) is 50.1 Å². The number of amides is 1. The quantitative estimate of drug-likeness (QED) is 0.485. The van der Waals surface area contributed by atoms with E-state index in [0.29, 0.717) is 23.0 Å². The van der Waals surface area contributed by atoms with Crippen molar-refractivity contribution in [3.05, 3.63) is 64.9 Å². The highest BCUT2D eigenvalue weighted by Gasteiger charge is 2.11. The number of fused-ring (bicyclic) bond motifs is 1. The number of para-hydroxylation sites is 2. The number of hydrogen-bond donors (Lipinski definition) is 1. The summed E-state index contributed by atoms with van der Waals surface area (Å²) in [6, 6.07) is 15.4. The first-order chi connectivity index (χ1) is 13.5. The molecule has 5 heteroatoms. The summed E-state index contributed by atoms with van der Waals surface area (Å²) in [4.78, 5) is 17.0. The van der Waals surface area contributed by atoms with Gasteiger partial charge in [0, 0.05) is 30.1 Å². The van der Waals surface area contributed by atoms with Gasteiger partial charge in [0.1, 0.15) is 5.82 Å². The molecule has 0 bridgehead atoms. The summed E-state index contributed by atoms with van der Waals surface area (Å²) >= 11 is 5.94. The Balaban J connectivity index is 1.47. The highest BCUT2D eigenvalue weighted by molar-refractivity contribution is 6.30. The Morgan fingerprint density at radius 3 is 2.71 bits per heavy atom. The molecule has 3 aromatic rings. The number of nitrogens with one attached hydrogen (secondary N) is 1. The Morgan fingerprint density at radius 2 is 1.93 bits per heavy atom. The van der Waals surface area contributed by atoms with E-state index in [0.717, 1.165) is 43.6 Å². The standard InChI is InChI=1S/C23H28ClN3O/c1-17(2)16-27-21-12-6-5-11-20(21)26-22(27)13-4-3-7-14-25-23(28)18-9-8-10-19(24)15-18/h5-6,8-12,15,17H,3-4,7,13-14,16H2,1-2H3,(H,25,28). The molecule has 0 aliphatic rings. The lowest BCUT2D eigenvalue weighted by Gasteiger charge is -2.12. The molecule has 1 aromatic heterocycles. The molecule has 28 heavy (non-hydrogen) atoms. The number of rotatable bonds is 9. The van der Waals surface area contributed by atoms with Crippen molar-refractivity contribution in [1.82, 2.24) is 14.9 Å². The number of halogens is 1. The van der Waals surface area contributed by atoms with Crippen LogP contribution >= 0.6 is 11.6 Å². The Hall–Kier alpha value is -2.33. The molecule has 0 unspecified atom stereocenters. The van der Waals surface area contributed by atoms with Crippen LogP contribution in [-0.2, 0) is 13.0 Å². The second kappa shape index (κ2) is 9.74. The topological polar surface area (TPSA) is 46.9 Å². The van der Waals surface area contributed by atoms with Gasteiger partial charge in [0.05, 0.1) is 11.0 Å². The number of carbonyl (C=O) groups is 1. The van der Waals surface area contributed by atoms with Crippen LogP contribution in [0.4, 0.5) is 0 Å². The van der Waals surface area contributed by atoms with E-state index in [4.69, 9.17) is 16.6 Å². The van der Waals surface area contributed by atoms with E-state index in [1.165, 1.54) is 5.52 Å². The third kappa shape index (κ3) is 5.35. The van der Waals surface area contributed by atoms with Crippen LogP contribution in [0, 0.1) is 5.92 Å². The molecule has 0 fully saturated rings. The zero-order valence-corrected chi connectivity index (χ0v) is 17.4. The lowest BCUT2D eigenvalue weighted by atomic mass is 10.1. The summed E-state index contributed by atoms with van der Waals surface area (Å²) < 4.78 is 2.36. The second-order valence-corrected chi connectivity index (χ2v) is 8.03. The average molecular weight is 398 g/mol. The van der Waals surface area contributed by atoms with Crippen molar-refractivity contribution >= 4 is 28.5 Å². The van der Waals surface area contributed by atoms with Crippen LogP contribution in [0.3, 0.4) is 0 Å². The Bertz CT molecular complexity index is 932. The highest BCUT2D eigenvalue weighted by Crippen LogP contribution is 2.19. The third-order valence-corrected chi connectivity index (χ3v) is 4.97. The molecular weight excluding hydrogens is 370 g/mol. The fourth-order valence-electron chi connectivity index (χ4n) is 3.40. The van der Waals surface area contributed by atoms with Crippen molar-refractivity contribution in [1.29, 1.82) is 0 Å². The normalized spacial score (nSPS) is 11.3. The van der Waals surface area contributed by atoms with Crippen LogP contribution in [0.2, 0.25) is 5.02 Å². The Morgan fingerprint density at radius 1 is 1.11 bits per heavy atom. The van der Waals surface area contributed by atoms with Crippen molar-refractivity contribution in [3.8, 4) is 0 Å². The molecular formula is C23H28ClN3O. The molecule has 0 spiro atoms. The predicted molar refractivity (Wildman–Crippen MR) is 116 cm³/mol. The smallest absolute Gasteiger partial charge is 0.251 e. The van der Waals surface area contributed by atoms with Gasteiger partial charge >= 0.3 is 0 Å². The van der Waals surface area contributed by atoms with E-state index < -0.39 is 0 Å². The van der Waals surface area contributed by atoms with Crippen molar-refractivity contribution in [2.75, 3.05) is 6.54 Å². The average Bonchev–Trinajstić information content (AvgIpc) is 3.01. The third-order valence-electron chi connectivity index (χ3n) is 4.73. The molecule has 1 heterocycles. The molecule has 0 radical (unpaired) electrons. The van der Waals surface area contributed by atoms with Gasteiger partial charge in [0.25, 0.3) is 5.91 Å². The summed E-state index contributed by atoms with van der Waals surface area (Å²) in [5.74, 6) is 1.68. The zero-order chi connectivity index (χ0) is 19.9. The number of benzene rings is 2. The van der Waals surface area contributed by atoms with E-state index in [1.54, 1.807) is 24.3 Å². The molecule has 3 rings (SSSR count). The minimum Gasteiger partial charge on any atom is -0.352 e. The first-order valence-corrected chi connectivity index (χ1v) is 10.4. The van der Waals surface area contributed by atoms with Gasteiger partial charge in [0.15, 0.2) is 0 Å². The lowest BCUT2D eigenvalue weighted by Crippen LogP contribution is -2.24. The number of aryl methyl sites for hydroxylation is 1. The number of aromatic nitrogens is 2. The molecule has 0 aliphatic heterocycles. The number of carbonyl (C=O) groups excluding carboxylic acids is 1. The number of unbranched alkanes of at least 4 members (excludes halogenated alkanes) is 2. The van der Waals surface area contributed by atoms with Crippen LogP contribution in [0.1, 0.15) is 49.3 Å². The second-order valence-electron chi connectivity index (χ2n) is 7.60. The largest absolute Gasteiger partial charge is 0.352 e. The van der Waals surface area contributed by atoms with E-state index in [2.05, 4.69) is 41.9 Å². The molecule has 0 atom stereocenters.